The van der Waals surface area contributed by atoms with Crippen molar-refractivity contribution in [3.63, 3.8) is 0 Å². The van der Waals surface area contributed by atoms with Gasteiger partial charge in [-0.3, -0.25) is 4.79 Å². The van der Waals surface area contributed by atoms with E-state index in [0.29, 0.717) is 12.4 Å². The van der Waals surface area contributed by atoms with E-state index in [1.807, 2.05) is 78.9 Å². The molecule has 0 heterocycles. The summed E-state index contributed by atoms with van der Waals surface area (Å²) in [4.78, 5) is 12.1. The van der Waals surface area contributed by atoms with Gasteiger partial charge in [0.25, 0.3) is 5.91 Å². The number of hydrogen-bond donors (Lipinski definition) is 1. The second-order valence-electron chi connectivity index (χ2n) is 8.17. The molecule has 0 aliphatic heterocycles. The van der Waals surface area contributed by atoms with E-state index in [-0.39, 0.29) is 17.9 Å². The van der Waals surface area contributed by atoms with Gasteiger partial charge >= 0.3 is 0 Å². The van der Waals surface area contributed by atoms with E-state index in [1.165, 1.54) is 0 Å². The highest BCUT2D eigenvalue weighted by molar-refractivity contribution is 5.83. The molecule has 0 fully saturated rings. The van der Waals surface area contributed by atoms with Crippen LogP contribution in [0.5, 0.6) is 11.5 Å². The highest BCUT2D eigenvalue weighted by Gasteiger charge is 2.18. The number of nitrogens with one attached hydrogen (secondary N) is 1. The molecule has 5 nitrogen and oxygen atoms in total. The van der Waals surface area contributed by atoms with Crippen LogP contribution in [0.1, 0.15) is 37.5 Å². The maximum atomic E-state index is 12.1. The Labute approximate surface area is 183 Å². The van der Waals surface area contributed by atoms with Crippen LogP contribution in [0.2, 0.25) is 0 Å². The second kappa shape index (κ2) is 10.4. The lowest BCUT2D eigenvalue weighted by Crippen LogP contribution is -2.25. The molecule has 0 aliphatic carbocycles. The van der Waals surface area contributed by atoms with Crippen molar-refractivity contribution < 1.29 is 14.3 Å². The summed E-state index contributed by atoms with van der Waals surface area (Å²) in [6.07, 6.45) is 1.58. The maximum absolute atomic E-state index is 12.1. The van der Waals surface area contributed by atoms with Gasteiger partial charge in [-0.25, -0.2) is 5.43 Å². The van der Waals surface area contributed by atoms with Crippen LogP contribution < -0.4 is 14.9 Å². The van der Waals surface area contributed by atoms with Crippen LogP contribution in [0.4, 0.5) is 0 Å². The smallest absolute Gasteiger partial charge is 0.277 e. The molecular weight excluding hydrogens is 388 g/mol. The highest BCUT2D eigenvalue weighted by atomic mass is 16.5. The van der Waals surface area contributed by atoms with Crippen LogP contribution in [-0.4, -0.2) is 18.7 Å². The summed E-state index contributed by atoms with van der Waals surface area (Å²) in [5.41, 5.74) is 5.41. The number of ether oxygens (including phenoxy) is 2. The molecule has 0 bridgehead atoms. The molecule has 0 radical (unpaired) electrons. The van der Waals surface area contributed by atoms with Gasteiger partial charge in [0.05, 0.1) is 6.21 Å². The Morgan fingerprint density at radius 3 is 2.45 bits per heavy atom. The number of carbonyl (C=O) groups excluding carboxylic acids is 1. The molecule has 0 aliphatic rings. The molecule has 3 rings (SSSR count). The quantitative estimate of drug-likeness (QED) is 0.411. The van der Waals surface area contributed by atoms with Gasteiger partial charge in [0.1, 0.15) is 18.1 Å². The fraction of sp³-hybridized carbons (Fsp3) is 0.231. The van der Waals surface area contributed by atoms with Gasteiger partial charge in [0.15, 0.2) is 6.61 Å². The molecule has 0 atom stereocenters. The lowest BCUT2D eigenvalue weighted by atomic mass is 9.86. The molecule has 31 heavy (non-hydrogen) atoms. The van der Waals surface area contributed by atoms with E-state index < -0.39 is 0 Å². The van der Waals surface area contributed by atoms with Crippen LogP contribution in [0, 0.1) is 0 Å². The Bertz CT molecular complexity index is 1020. The SMILES string of the molecule is CC(C)(C)c1ccccc1OCC(=O)NN=Cc1cccc(OCc2ccccc2)c1. The predicted molar refractivity (Wildman–Crippen MR) is 124 cm³/mol. The van der Waals surface area contributed by atoms with Gasteiger partial charge in [-0.1, -0.05) is 81.4 Å². The van der Waals surface area contributed by atoms with E-state index >= 15 is 0 Å². The number of hydrogen-bond acceptors (Lipinski definition) is 4. The Balaban J connectivity index is 1.50. The summed E-state index contributed by atoms with van der Waals surface area (Å²) in [6, 6.07) is 25.3. The third-order valence-electron chi connectivity index (χ3n) is 4.56. The molecule has 3 aromatic carbocycles. The van der Waals surface area contributed by atoms with Crippen molar-refractivity contribution in [1.29, 1.82) is 0 Å². The average Bonchev–Trinajstić information content (AvgIpc) is 2.77. The van der Waals surface area contributed by atoms with Gasteiger partial charge in [-0.15, -0.1) is 0 Å². The number of nitrogens with zero attached hydrogens (tertiary/aromatic N) is 1. The molecule has 0 unspecified atom stereocenters. The van der Waals surface area contributed by atoms with Gasteiger partial charge in [-0.05, 0) is 40.3 Å². The van der Waals surface area contributed by atoms with Crippen LogP contribution in [0.3, 0.4) is 0 Å². The van der Waals surface area contributed by atoms with E-state index in [2.05, 4.69) is 31.3 Å². The van der Waals surface area contributed by atoms with Crippen molar-refractivity contribution in [2.24, 2.45) is 5.10 Å². The van der Waals surface area contributed by atoms with Gasteiger partial charge in [0, 0.05) is 0 Å². The highest BCUT2D eigenvalue weighted by Crippen LogP contribution is 2.30. The normalized spacial score (nSPS) is 11.3. The van der Waals surface area contributed by atoms with Crippen molar-refractivity contribution in [2.75, 3.05) is 6.61 Å². The van der Waals surface area contributed by atoms with Crippen molar-refractivity contribution in [2.45, 2.75) is 32.8 Å². The zero-order chi connectivity index (χ0) is 22.1. The predicted octanol–water partition coefficient (Wildman–Crippen LogP) is 5.09. The average molecular weight is 417 g/mol. The lowest BCUT2D eigenvalue weighted by molar-refractivity contribution is -0.123. The Morgan fingerprint density at radius 1 is 0.935 bits per heavy atom. The van der Waals surface area contributed by atoms with Gasteiger partial charge in [-0.2, -0.15) is 5.10 Å². The first-order valence-electron chi connectivity index (χ1n) is 10.2. The molecule has 0 saturated heterocycles. The van der Waals surface area contributed by atoms with Crippen molar-refractivity contribution >= 4 is 12.1 Å². The summed E-state index contributed by atoms with van der Waals surface area (Å²) >= 11 is 0. The fourth-order valence-electron chi connectivity index (χ4n) is 2.99. The molecule has 0 spiro atoms. The molecule has 1 N–H and O–H groups in total. The standard InChI is InChI=1S/C26H28N2O3/c1-26(2,3)23-14-7-8-15-24(23)31-19-25(29)28-27-17-21-12-9-13-22(16-21)30-18-20-10-5-4-6-11-20/h4-17H,18-19H2,1-3H3,(H,28,29). The fourth-order valence-corrected chi connectivity index (χ4v) is 2.99. The van der Waals surface area contributed by atoms with Crippen molar-refractivity contribution in [3.8, 4) is 11.5 Å². The molecule has 5 heteroatoms. The Morgan fingerprint density at radius 2 is 1.68 bits per heavy atom. The summed E-state index contributed by atoms with van der Waals surface area (Å²) in [5.74, 6) is 1.12. The summed E-state index contributed by atoms with van der Waals surface area (Å²) in [6.45, 7) is 6.71. The van der Waals surface area contributed by atoms with Crippen molar-refractivity contribution in [1.82, 2.24) is 5.43 Å². The molecule has 3 aromatic rings. The topological polar surface area (TPSA) is 59.9 Å². The zero-order valence-corrected chi connectivity index (χ0v) is 18.2. The molecule has 0 aromatic heterocycles. The molecule has 1 amide bonds. The van der Waals surface area contributed by atoms with E-state index in [1.54, 1.807) is 6.21 Å². The number of rotatable bonds is 8. The molecule has 0 saturated carbocycles. The van der Waals surface area contributed by atoms with Crippen LogP contribution >= 0.6 is 0 Å². The summed E-state index contributed by atoms with van der Waals surface area (Å²) in [5, 5.41) is 4.02. The van der Waals surface area contributed by atoms with E-state index in [4.69, 9.17) is 9.47 Å². The third kappa shape index (κ3) is 7.00. The number of carbonyl (C=O) groups is 1. The number of hydrazone groups is 1. The summed E-state index contributed by atoms with van der Waals surface area (Å²) < 4.78 is 11.5. The minimum Gasteiger partial charge on any atom is -0.489 e. The van der Waals surface area contributed by atoms with E-state index in [0.717, 1.165) is 22.4 Å². The maximum Gasteiger partial charge on any atom is 0.277 e. The number of amides is 1. The van der Waals surface area contributed by atoms with Crippen LogP contribution in [0.15, 0.2) is 84.0 Å². The zero-order valence-electron chi connectivity index (χ0n) is 18.2. The van der Waals surface area contributed by atoms with Gasteiger partial charge < -0.3 is 9.47 Å². The third-order valence-corrected chi connectivity index (χ3v) is 4.56. The monoisotopic (exact) mass is 416 g/mol. The minimum absolute atomic E-state index is 0.0706. The molecule has 160 valence electrons. The first kappa shape index (κ1) is 22.1. The number of para-hydroxylation sites is 1. The first-order valence-corrected chi connectivity index (χ1v) is 10.2. The lowest BCUT2D eigenvalue weighted by Gasteiger charge is -2.22. The van der Waals surface area contributed by atoms with Gasteiger partial charge in [0.2, 0.25) is 0 Å². The largest absolute Gasteiger partial charge is 0.489 e. The molecular formula is C26H28N2O3. The Hall–Kier alpha value is -3.60. The van der Waals surface area contributed by atoms with Crippen LogP contribution in [-0.2, 0) is 16.8 Å². The summed E-state index contributed by atoms with van der Waals surface area (Å²) in [7, 11) is 0. The first-order chi connectivity index (χ1) is 14.9. The number of benzene rings is 3. The van der Waals surface area contributed by atoms with E-state index in [9.17, 15) is 4.79 Å². The minimum atomic E-state index is -0.323. The second-order valence-corrected chi connectivity index (χ2v) is 8.17. The van der Waals surface area contributed by atoms with Crippen molar-refractivity contribution in [3.05, 3.63) is 95.6 Å². The Kier molecular flexibility index (Phi) is 7.44. The van der Waals surface area contributed by atoms with Crippen LogP contribution in [0.25, 0.3) is 0 Å².